The molecule has 0 unspecified atom stereocenters. The van der Waals surface area contributed by atoms with Crippen LogP contribution in [0.2, 0.25) is 0 Å². The molecule has 0 aliphatic heterocycles. The Morgan fingerprint density at radius 1 is 1.10 bits per heavy atom. The Balaban J connectivity index is 1.82. The van der Waals surface area contributed by atoms with Crippen LogP contribution in [0.15, 0.2) is 29.3 Å². The molecule has 1 aromatic carbocycles. The highest BCUT2D eigenvalue weighted by Gasteiger charge is 2.19. The lowest BCUT2D eigenvalue weighted by Crippen LogP contribution is -2.14. The third-order valence-electron chi connectivity index (χ3n) is 5.42. The van der Waals surface area contributed by atoms with Crippen LogP contribution < -0.4 is 0 Å². The van der Waals surface area contributed by atoms with Crippen molar-refractivity contribution < 1.29 is 9.53 Å². The number of nitrogens with zero attached hydrogens (tertiary/aromatic N) is 2. The van der Waals surface area contributed by atoms with E-state index in [1.165, 1.54) is 33.8 Å². The largest absolute Gasteiger partial charge is 0.383 e. The van der Waals surface area contributed by atoms with Crippen molar-refractivity contribution in [1.82, 2.24) is 9.55 Å². The second-order valence-corrected chi connectivity index (χ2v) is 8.92. The number of hydrogen-bond donors (Lipinski definition) is 0. The topological polar surface area (TPSA) is 44.1 Å². The standard InChI is InChI=1S/C24H30N2O2S/c1-14-8-16(3)24-20(9-14)15(2)10-23(25-24)29-13-22(27)21-11-17(4)26(19(21)6)18(5)12-28-7/h8-11,18H,12-13H2,1-7H3/t18-/m1/s1. The van der Waals surface area contributed by atoms with Gasteiger partial charge in [-0.3, -0.25) is 4.79 Å². The number of aromatic nitrogens is 2. The number of benzene rings is 1. The SMILES string of the molecule is COC[C@@H](C)n1c(C)cc(C(=O)CSc2cc(C)c3cc(C)cc(C)c3n2)c1C. The molecule has 154 valence electrons. The maximum atomic E-state index is 13.0. The van der Waals surface area contributed by atoms with Crippen molar-refractivity contribution in [3.05, 3.63) is 57.9 Å². The molecule has 0 bridgehead atoms. The summed E-state index contributed by atoms with van der Waals surface area (Å²) >= 11 is 1.51. The van der Waals surface area contributed by atoms with Crippen molar-refractivity contribution in [2.75, 3.05) is 19.5 Å². The van der Waals surface area contributed by atoms with Crippen molar-refractivity contribution in [1.29, 1.82) is 0 Å². The summed E-state index contributed by atoms with van der Waals surface area (Å²) in [5.41, 5.74) is 7.53. The number of ether oxygens (including phenoxy) is 1. The minimum Gasteiger partial charge on any atom is -0.383 e. The fraction of sp³-hybridized carbons (Fsp3) is 0.417. The summed E-state index contributed by atoms with van der Waals surface area (Å²) in [6.07, 6.45) is 0. The zero-order valence-corrected chi connectivity index (χ0v) is 19.2. The molecule has 0 aliphatic carbocycles. The Morgan fingerprint density at radius 2 is 1.83 bits per heavy atom. The van der Waals surface area contributed by atoms with Crippen LogP contribution in [-0.2, 0) is 4.74 Å². The highest BCUT2D eigenvalue weighted by Crippen LogP contribution is 2.28. The minimum absolute atomic E-state index is 0.138. The number of pyridine rings is 1. The second-order valence-electron chi connectivity index (χ2n) is 7.93. The number of carbonyl (C=O) groups excluding carboxylic acids is 1. The van der Waals surface area contributed by atoms with Gasteiger partial charge >= 0.3 is 0 Å². The Hall–Kier alpha value is -2.11. The number of thioether (sulfide) groups is 1. The van der Waals surface area contributed by atoms with Crippen molar-refractivity contribution in [2.45, 2.75) is 52.6 Å². The molecule has 0 fully saturated rings. The number of Topliss-reactive ketones (excluding diaryl/α,β-unsaturated/α-hetero) is 1. The van der Waals surface area contributed by atoms with Crippen molar-refractivity contribution >= 4 is 28.4 Å². The quantitative estimate of drug-likeness (QED) is 0.367. The normalized spacial score (nSPS) is 12.5. The van der Waals surface area contributed by atoms with Gasteiger partial charge in [0.2, 0.25) is 0 Å². The first-order chi connectivity index (χ1) is 13.7. The molecule has 0 N–H and O–H groups in total. The zero-order chi connectivity index (χ0) is 21.3. The fourth-order valence-corrected chi connectivity index (χ4v) is 5.01. The molecule has 1 atom stereocenters. The van der Waals surface area contributed by atoms with Gasteiger partial charge in [-0.1, -0.05) is 23.4 Å². The summed E-state index contributed by atoms with van der Waals surface area (Å²) in [5, 5.41) is 2.09. The monoisotopic (exact) mass is 410 g/mol. The first-order valence-electron chi connectivity index (χ1n) is 9.95. The average Bonchev–Trinajstić information content (AvgIpc) is 2.95. The summed E-state index contributed by atoms with van der Waals surface area (Å²) in [6.45, 7) is 13.1. The molecule has 4 nitrogen and oxygen atoms in total. The molecular weight excluding hydrogens is 380 g/mol. The van der Waals surface area contributed by atoms with Crippen molar-refractivity contribution in [2.24, 2.45) is 0 Å². The maximum Gasteiger partial charge on any atom is 0.174 e. The van der Waals surface area contributed by atoms with E-state index >= 15 is 0 Å². The van der Waals surface area contributed by atoms with Crippen LogP contribution in [0.5, 0.6) is 0 Å². The van der Waals surface area contributed by atoms with Gasteiger partial charge in [0, 0.05) is 29.4 Å². The number of ketones is 1. The van der Waals surface area contributed by atoms with Gasteiger partial charge in [-0.25, -0.2) is 4.98 Å². The number of aryl methyl sites for hydroxylation is 4. The van der Waals surface area contributed by atoms with Crippen molar-refractivity contribution in [3.8, 4) is 0 Å². The zero-order valence-electron chi connectivity index (χ0n) is 18.4. The predicted molar refractivity (Wildman–Crippen MR) is 122 cm³/mol. The first kappa shape index (κ1) is 21.6. The van der Waals surface area contributed by atoms with Gasteiger partial charge in [0.15, 0.2) is 5.78 Å². The lowest BCUT2D eigenvalue weighted by molar-refractivity contribution is 0.102. The summed E-state index contributed by atoms with van der Waals surface area (Å²) in [5.74, 6) is 0.519. The number of carbonyl (C=O) groups is 1. The molecule has 29 heavy (non-hydrogen) atoms. The average molecular weight is 411 g/mol. The summed E-state index contributed by atoms with van der Waals surface area (Å²) < 4.78 is 7.47. The molecular formula is C24H30N2O2S. The highest BCUT2D eigenvalue weighted by molar-refractivity contribution is 7.99. The summed E-state index contributed by atoms with van der Waals surface area (Å²) in [4.78, 5) is 17.8. The molecule has 0 radical (unpaired) electrons. The number of rotatable bonds is 7. The molecule has 2 heterocycles. The molecule has 0 spiro atoms. The van der Waals surface area contributed by atoms with Crippen molar-refractivity contribution in [3.63, 3.8) is 0 Å². The Bertz CT molecular complexity index is 1070. The van der Waals surface area contributed by atoms with E-state index in [-0.39, 0.29) is 11.8 Å². The van der Waals surface area contributed by atoms with Gasteiger partial charge in [-0.15, -0.1) is 0 Å². The van der Waals surface area contributed by atoms with Gasteiger partial charge < -0.3 is 9.30 Å². The van der Waals surface area contributed by atoms with E-state index < -0.39 is 0 Å². The summed E-state index contributed by atoms with van der Waals surface area (Å²) in [7, 11) is 1.70. The lowest BCUT2D eigenvalue weighted by atomic mass is 10.0. The Labute approximate surface area is 177 Å². The number of fused-ring (bicyclic) bond motifs is 1. The molecule has 0 amide bonds. The third kappa shape index (κ3) is 4.41. The molecule has 0 saturated carbocycles. The van der Waals surface area contributed by atoms with E-state index in [4.69, 9.17) is 9.72 Å². The number of methoxy groups -OCH3 is 1. The minimum atomic E-state index is 0.138. The van der Waals surface area contributed by atoms with Gasteiger partial charge in [-0.2, -0.15) is 0 Å². The first-order valence-corrected chi connectivity index (χ1v) is 10.9. The second kappa shape index (κ2) is 8.72. The van der Waals surface area contributed by atoms with Crippen LogP contribution >= 0.6 is 11.8 Å². The predicted octanol–water partition coefficient (Wildman–Crippen LogP) is 5.76. The fourth-order valence-electron chi connectivity index (χ4n) is 4.16. The van der Waals surface area contributed by atoms with E-state index in [9.17, 15) is 4.79 Å². The molecule has 0 saturated heterocycles. The van der Waals surface area contributed by atoms with Gasteiger partial charge in [0.1, 0.15) is 0 Å². The Kier molecular flexibility index (Phi) is 6.49. The van der Waals surface area contributed by atoms with Crippen LogP contribution in [0.4, 0.5) is 0 Å². The van der Waals surface area contributed by atoms with Crippen LogP contribution in [-0.4, -0.2) is 34.8 Å². The molecule has 0 aliphatic rings. The lowest BCUT2D eigenvalue weighted by Gasteiger charge is -2.17. The molecule has 3 aromatic rings. The van der Waals surface area contributed by atoms with Crippen LogP contribution in [0.3, 0.4) is 0 Å². The van der Waals surface area contributed by atoms with Crippen LogP contribution in [0, 0.1) is 34.6 Å². The highest BCUT2D eigenvalue weighted by atomic mass is 32.2. The van der Waals surface area contributed by atoms with Crippen LogP contribution in [0.25, 0.3) is 10.9 Å². The maximum absolute atomic E-state index is 13.0. The van der Waals surface area contributed by atoms with E-state index in [2.05, 4.69) is 50.5 Å². The van der Waals surface area contributed by atoms with E-state index in [1.807, 2.05) is 19.9 Å². The van der Waals surface area contributed by atoms with Gasteiger partial charge in [0.25, 0.3) is 0 Å². The summed E-state index contributed by atoms with van der Waals surface area (Å²) in [6, 6.07) is 8.62. The van der Waals surface area contributed by atoms with Crippen LogP contribution in [0.1, 0.15) is 51.4 Å². The van der Waals surface area contributed by atoms with E-state index in [1.54, 1.807) is 7.11 Å². The van der Waals surface area contributed by atoms with Gasteiger partial charge in [-0.05, 0) is 70.9 Å². The van der Waals surface area contributed by atoms with Gasteiger partial charge in [0.05, 0.1) is 28.9 Å². The smallest absolute Gasteiger partial charge is 0.174 e. The van der Waals surface area contributed by atoms with E-state index in [0.29, 0.717) is 12.4 Å². The third-order valence-corrected chi connectivity index (χ3v) is 6.33. The van der Waals surface area contributed by atoms with E-state index in [0.717, 1.165) is 27.5 Å². The molecule has 5 heteroatoms. The molecule has 2 aromatic heterocycles. The molecule has 3 rings (SSSR count). The Morgan fingerprint density at radius 3 is 2.52 bits per heavy atom. The number of hydrogen-bond acceptors (Lipinski definition) is 4.